The fourth-order valence-electron chi connectivity index (χ4n) is 4.30. The highest BCUT2D eigenvalue weighted by atomic mass is 33.1. The Morgan fingerprint density at radius 2 is 1.47 bits per heavy atom. The zero-order chi connectivity index (χ0) is 27.4. The van der Waals surface area contributed by atoms with Gasteiger partial charge in [-0.15, -0.1) is 0 Å². The molecule has 0 aromatic carbocycles. The van der Waals surface area contributed by atoms with Gasteiger partial charge in [0.2, 0.25) is 17.7 Å². The number of unbranched alkanes of at least 4 members (excludes halogenated alkanes) is 3. The molecule has 0 radical (unpaired) electrons. The maximum atomic E-state index is 12.8. The van der Waals surface area contributed by atoms with Crippen LogP contribution in [0, 0.1) is 0 Å². The van der Waals surface area contributed by atoms with E-state index in [1.54, 1.807) is 6.92 Å². The Labute approximate surface area is 245 Å². The highest BCUT2D eigenvalue weighted by molar-refractivity contribution is 8.77. The summed E-state index contributed by atoms with van der Waals surface area (Å²) in [6.45, 7) is 3.10. The topological polar surface area (TPSA) is 126 Å². The lowest BCUT2D eigenvalue weighted by Gasteiger charge is -2.18. The minimum atomic E-state index is -0.574. The molecule has 2 aliphatic heterocycles. The third kappa shape index (κ3) is 16.4. The number of hydrogen-bond acceptors (Lipinski definition) is 8. The van der Waals surface area contributed by atoms with Crippen molar-refractivity contribution in [2.45, 2.75) is 107 Å². The Morgan fingerprint density at radius 1 is 0.842 bits per heavy atom. The van der Waals surface area contributed by atoms with Gasteiger partial charge in [-0.05, 0) is 64.7 Å². The van der Waals surface area contributed by atoms with Crippen LogP contribution in [0.5, 0.6) is 0 Å². The summed E-state index contributed by atoms with van der Waals surface area (Å²) in [6.07, 6.45) is 11.9. The van der Waals surface area contributed by atoms with Crippen molar-refractivity contribution in [3.05, 3.63) is 0 Å². The van der Waals surface area contributed by atoms with Crippen molar-refractivity contribution >= 4 is 66.7 Å². The predicted molar refractivity (Wildman–Crippen MR) is 168 cm³/mol. The van der Waals surface area contributed by atoms with Crippen LogP contribution < -0.4 is 21.7 Å². The third-order valence-electron chi connectivity index (χ3n) is 6.48. The van der Waals surface area contributed by atoms with Crippen molar-refractivity contribution in [1.82, 2.24) is 16.0 Å². The van der Waals surface area contributed by atoms with Crippen LogP contribution in [0.15, 0.2) is 4.99 Å². The van der Waals surface area contributed by atoms with E-state index in [-0.39, 0.29) is 17.7 Å². The number of hydrogen-bond donors (Lipinski definition) is 4. The highest BCUT2D eigenvalue weighted by Crippen LogP contribution is 2.40. The molecule has 0 aromatic rings. The second-order valence-electron chi connectivity index (χ2n) is 9.93. The number of rotatable bonds is 20. The van der Waals surface area contributed by atoms with E-state index in [4.69, 9.17) is 5.73 Å². The molecule has 38 heavy (non-hydrogen) atoms. The fraction of sp³-hybridized carbons (Fsp3) is 0.846. The zero-order valence-electron chi connectivity index (χ0n) is 22.8. The number of nitrogens with zero attached hydrogens (tertiary/aromatic N) is 1. The van der Waals surface area contributed by atoms with Crippen LogP contribution in [0.25, 0.3) is 0 Å². The molecule has 3 amide bonds. The molecule has 3 unspecified atom stereocenters. The number of nitrogens with one attached hydrogen (secondary N) is 3. The molecule has 218 valence electrons. The van der Waals surface area contributed by atoms with Crippen LogP contribution in [0.4, 0.5) is 0 Å². The monoisotopic (exact) mass is 605 g/mol. The normalized spacial score (nSPS) is 20.3. The summed E-state index contributed by atoms with van der Waals surface area (Å²) in [5, 5.41) is 10.3. The van der Waals surface area contributed by atoms with Gasteiger partial charge >= 0.3 is 0 Å². The summed E-state index contributed by atoms with van der Waals surface area (Å²) in [7, 11) is 7.87. The first-order valence-corrected chi connectivity index (χ1v) is 18.9. The standard InChI is InChI=1S/C26H47N5O3S4/c1-20(27)28-16-17-30-26(34)23(31-25(33)12-5-3-9-22-14-19-36-38-22)10-6-7-15-29-24(32)11-4-2-8-21-13-18-35-37-21/h21-23H,2-19H2,1H3,(H2,27,28)(H,29,32)(H,30,34)(H,31,33). The van der Waals surface area contributed by atoms with E-state index in [0.717, 1.165) is 55.4 Å². The Bertz CT molecular complexity index is 728. The maximum Gasteiger partial charge on any atom is 0.242 e. The number of amidine groups is 1. The molecule has 2 saturated heterocycles. The third-order valence-corrected chi connectivity index (χ3v) is 12.5. The molecule has 0 saturated carbocycles. The molecule has 5 N–H and O–H groups in total. The smallest absolute Gasteiger partial charge is 0.242 e. The number of carbonyl (C=O) groups is 3. The largest absolute Gasteiger partial charge is 0.388 e. The summed E-state index contributed by atoms with van der Waals surface area (Å²) in [5.41, 5.74) is 5.55. The molecule has 0 bridgehead atoms. The number of amides is 3. The molecular weight excluding hydrogens is 559 g/mol. The van der Waals surface area contributed by atoms with Crippen LogP contribution in [0.2, 0.25) is 0 Å². The molecule has 2 heterocycles. The van der Waals surface area contributed by atoms with Gasteiger partial charge in [-0.25, -0.2) is 0 Å². The molecule has 2 rings (SSSR count). The summed E-state index contributed by atoms with van der Waals surface area (Å²) in [5.74, 6) is 2.80. The fourth-order valence-corrected chi connectivity index (χ4v) is 10.4. The van der Waals surface area contributed by atoms with Crippen LogP contribution in [0.1, 0.15) is 90.4 Å². The summed E-state index contributed by atoms with van der Waals surface area (Å²) in [4.78, 5) is 41.5. The number of nitrogens with two attached hydrogens (primary N) is 1. The zero-order valence-corrected chi connectivity index (χ0v) is 26.1. The van der Waals surface area contributed by atoms with Crippen LogP contribution >= 0.6 is 43.2 Å². The Morgan fingerprint density at radius 3 is 2.05 bits per heavy atom. The molecule has 2 aliphatic rings. The van der Waals surface area contributed by atoms with Crippen molar-refractivity contribution in [2.75, 3.05) is 31.1 Å². The quantitative estimate of drug-likeness (QED) is 0.0682. The van der Waals surface area contributed by atoms with Gasteiger partial charge in [-0.2, -0.15) is 0 Å². The molecule has 3 atom stereocenters. The van der Waals surface area contributed by atoms with Gasteiger partial charge in [0, 0.05) is 47.9 Å². The SMILES string of the molecule is CC(N)=NCCNC(=O)C(CCCCNC(=O)CCCCC1CCSS1)NC(=O)CCCCC1CCSS1. The van der Waals surface area contributed by atoms with E-state index < -0.39 is 6.04 Å². The van der Waals surface area contributed by atoms with Crippen LogP contribution in [0.3, 0.4) is 0 Å². The van der Waals surface area contributed by atoms with E-state index >= 15 is 0 Å². The summed E-state index contributed by atoms with van der Waals surface area (Å²) in [6, 6.07) is -0.574. The lowest BCUT2D eigenvalue weighted by molar-refractivity contribution is -0.129. The average molecular weight is 606 g/mol. The average Bonchev–Trinajstić information content (AvgIpc) is 3.60. The van der Waals surface area contributed by atoms with E-state index in [9.17, 15) is 14.4 Å². The predicted octanol–water partition coefficient (Wildman–Crippen LogP) is 4.68. The van der Waals surface area contributed by atoms with Gasteiger partial charge in [0.05, 0.1) is 12.4 Å². The van der Waals surface area contributed by atoms with Crippen molar-refractivity contribution < 1.29 is 14.4 Å². The van der Waals surface area contributed by atoms with Gasteiger partial charge in [0.1, 0.15) is 6.04 Å². The van der Waals surface area contributed by atoms with Gasteiger partial charge in [0.15, 0.2) is 0 Å². The molecule has 0 aliphatic carbocycles. The molecule has 0 aromatic heterocycles. The Hall–Kier alpha value is -0.720. The summed E-state index contributed by atoms with van der Waals surface area (Å²) < 4.78 is 0. The molecular formula is C26H47N5O3S4. The van der Waals surface area contributed by atoms with E-state index in [0.29, 0.717) is 44.7 Å². The van der Waals surface area contributed by atoms with Gasteiger partial charge < -0.3 is 21.7 Å². The van der Waals surface area contributed by atoms with Crippen molar-refractivity contribution in [3.8, 4) is 0 Å². The van der Waals surface area contributed by atoms with Gasteiger partial charge in [0.25, 0.3) is 0 Å². The lowest BCUT2D eigenvalue weighted by Crippen LogP contribution is -2.47. The van der Waals surface area contributed by atoms with E-state index in [1.165, 1.54) is 30.8 Å². The molecule has 8 nitrogen and oxygen atoms in total. The first kappa shape index (κ1) is 33.5. The second kappa shape index (κ2) is 21.1. The summed E-state index contributed by atoms with van der Waals surface area (Å²) >= 11 is 0. The Balaban J connectivity index is 1.62. The molecule has 2 fully saturated rings. The van der Waals surface area contributed by atoms with Gasteiger partial charge in [-0.3, -0.25) is 19.4 Å². The molecule has 0 spiro atoms. The van der Waals surface area contributed by atoms with Crippen LogP contribution in [-0.4, -0.2) is 71.2 Å². The Kier molecular flexibility index (Phi) is 18.6. The van der Waals surface area contributed by atoms with Gasteiger partial charge in [-0.1, -0.05) is 56.0 Å². The molecule has 12 heteroatoms. The van der Waals surface area contributed by atoms with E-state index in [1.807, 2.05) is 43.2 Å². The number of carbonyl (C=O) groups excluding carboxylic acids is 3. The number of aliphatic imine (C=N–C) groups is 1. The first-order valence-electron chi connectivity index (χ1n) is 14.1. The van der Waals surface area contributed by atoms with Crippen LogP contribution in [-0.2, 0) is 14.4 Å². The maximum absolute atomic E-state index is 12.8. The van der Waals surface area contributed by atoms with Crippen molar-refractivity contribution in [2.24, 2.45) is 10.7 Å². The van der Waals surface area contributed by atoms with Crippen molar-refractivity contribution in [1.29, 1.82) is 0 Å². The van der Waals surface area contributed by atoms with E-state index in [2.05, 4.69) is 20.9 Å². The minimum Gasteiger partial charge on any atom is -0.388 e. The lowest BCUT2D eigenvalue weighted by atomic mass is 10.1. The van der Waals surface area contributed by atoms with Crippen molar-refractivity contribution in [3.63, 3.8) is 0 Å². The highest BCUT2D eigenvalue weighted by Gasteiger charge is 2.21. The minimum absolute atomic E-state index is 0.0719. The first-order chi connectivity index (χ1) is 18.4. The second-order valence-corrected chi connectivity index (χ2v) is 15.5.